The molecule has 2 aliphatic rings. The third kappa shape index (κ3) is 17.0. The van der Waals surface area contributed by atoms with Crippen LogP contribution in [0.2, 0.25) is 0 Å². The van der Waals surface area contributed by atoms with E-state index in [1.165, 1.54) is 40.2 Å². The van der Waals surface area contributed by atoms with E-state index >= 15 is 0 Å². The number of nitrogens with one attached hydrogen (secondary N) is 10. The lowest BCUT2D eigenvalue weighted by atomic mass is 10.0. The van der Waals surface area contributed by atoms with Crippen molar-refractivity contribution in [2.45, 2.75) is 140 Å². The number of nitrogens with zero attached hydrogens (tertiary/aromatic N) is 3. The van der Waals surface area contributed by atoms with Crippen LogP contribution in [0.15, 0.2) is 78.3 Å². The Kier molecular flexibility index (Phi) is 22.1. The molecule has 2 aliphatic heterocycles. The number of unbranched alkanes of at least 4 members (excludes halogenated alkanes) is 1. The van der Waals surface area contributed by atoms with Gasteiger partial charge in [-0.3, -0.25) is 48.1 Å². The van der Waals surface area contributed by atoms with Crippen LogP contribution in [0, 0.1) is 0 Å². The molecule has 80 heavy (non-hydrogen) atoms. The maximum Gasteiger partial charge on any atom is 0.325 e. The van der Waals surface area contributed by atoms with E-state index < -0.39 is 113 Å². The molecule has 10 amide bonds. The van der Waals surface area contributed by atoms with Gasteiger partial charge in [0, 0.05) is 66.3 Å². The molecule has 0 saturated carbocycles. The fourth-order valence-corrected chi connectivity index (χ4v) is 11.3. The smallest absolute Gasteiger partial charge is 0.325 e. The normalized spacial score (nSPS) is 23.3. The van der Waals surface area contributed by atoms with Crippen LogP contribution in [0.5, 0.6) is 0 Å². The molecule has 4 aromatic rings. The van der Waals surface area contributed by atoms with Crippen molar-refractivity contribution < 1.29 is 47.9 Å². The van der Waals surface area contributed by atoms with Crippen LogP contribution in [0.3, 0.4) is 0 Å². The molecular formula is C53H71N15O10S2. The Balaban J connectivity index is 1.38. The van der Waals surface area contributed by atoms with Gasteiger partial charge in [0.15, 0.2) is 11.7 Å². The number of para-hydroxylation sites is 1. The summed E-state index contributed by atoms with van der Waals surface area (Å²) in [6, 6.07) is 4.55. The first-order chi connectivity index (χ1) is 38.1. The first-order valence-corrected chi connectivity index (χ1v) is 28.8. The number of amides is 10. The lowest BCUT2D eigenvalue weighted by Crippen LogP contribution is -2.61. The van der Waals surface area contributed by atoms with Gasteiger partial charge in [0.25, 0.3) is 5.91 Å². The van der Waals surface area contributed by atoms with Crippen molar-refractivity contribution in [1.82, 2.24) is 62.4 Å². The summed E-state index contributed by atoms with van der Waals surface area (Å²) in [7, 11) is 2.13. The second-order valence-electron chi connectivity index (χ2n) is 20.1. The predicted molar refractivity (Wildman–Crippen MR) is 302 cm³/mol. The first-order valence-electron chi connectivity index (χ1n) is 26.3. The molecule has 8 atom stereocenters. The zero-order valence-electron chi connectivity index (χ0n) is 45.2. The Labute approximate surface area is 470 Å². The summed E-state index contributed by atoms with van der Waals surface area (Å²) >= 11 is 0. The molecule has 430 valence electrons. The van der Waals surface area contributed by atoms with E-state index in [1.54, 1.807) is 36.5 Å². The van der Waals surface area contributed by atoms with Gasteiger partial charge in [0.2, 0.25) is 41.4 Å². The summed E-state index contributed by atoms with van der Waals surface area (Å²) in [6.45, 7) is 7.58. The van der Waals surface area contributed by atoms with Crippen molar-refractivity contribution in [3.8, 4) is 0 Å². The van der Waals surface area contributed by atoms with Gasteiger partial charge in [-0.05, 0) is 64.2 Å². The fourth-order valence-electron chi connectivity index (χ4n) is 8.93. The molecular weight excluding hydrogens is 1070 g/mol. The van der Waals surface area contributed by atoms with Gasteiger partial charge in [-0.2, -0.15) is 0 Å². The van der Waals surface area contributed by atoms with Crippen molar-refractivity contribution in [3.63, 3.8) is 0 Å². The standard InChI is InChI=1S/C53H71N15O10S2/c1-6-7-19-42(68-50(77)53(4,5)67-52(68)78)49(76)66-41-27-80-79-26-40(30(3)69)65-46(73)38(22-32-24-58-35-17-12-11-16-34(32)35)64-44(71)36(18-13-20-57-51(54)55)61-45(72)37(21-31-14-9-8-10-15-31)63-47(74)39(23-33-25-56-28-59-33)62-43(70)29(2)60-48(41)75/h8-12,14-17,24-25,28-29,36-42,58H,6-7,13,18-23,26-27H2,1-5H3,(H,56,59)(H,60,75)(H,61,72)(H,62,70)(H,63,74)(H,64,71)(H,65,73)(H,66,76)(H,67,78)(H4,54,55,57)/t29-,36+,37-,38+,39+,40+,41+,42+/m1/s1. The van der Waals surface area contributed by atoms with E-state index in [2.05, 4.69) is 62.5 Å². The molecule has 0 bridgehead atoms. The topological polar surface area (TPSA) is 379 Å². The number of guanidine groups is 1. The number of carbonyl (C=O) groups is 10. The number of urea groups is 1. The van der Waals surface area contributed by atoms with Crippen LogP contribution < -0.4 is 54.0 Å². The van der Waals surface area contributed by atoms with Gasteiger partial charge < -0.3 is 64.0 Å². The maximum absolute atomic E-state index is 14.7. The molecule has 2 saturated heterocycles. The molecule has 2 aromatic carbocycles. The van der Waals surface area contributed by atoms with Crippen LogP contribution in [0.4, 0.5) is 4.79 Å². The average molecular weight is 1140 g/mol. The number of benzene rings is 2. The Morgan fingerprint density at radius 3 is 2.04 bits per heavy atom. The highest BCUT2D eigenvalue weighted by molar-refractivity contribution is 8.76. The number of hydrogen-bond acceptors (Lipinski definition) is 14. The quantitative estimate of drug-likeness (QED) is 0.0222. The van der Waals surface area contributed by atoms with Gasteiger partial charge in [0.05, 0.1) is 12.4 Å². The van der Waals surface area contributed by atoms with Gasteiger partial charge in [-0.15, -0.1) is 0 Å². The molecule has 6 rings (SSSR count). The Hall–Kier alpha value is -7.94. The number of fused-ring (bicyclic) bond motifs is 1. The van der Waals surface area contributed by atoms with Crippen molar-refractivity contribution in [2.75, 3.05) is 18.1 Å². The molecule has 0 radical (unpaired) electrons. The second kappa shape index (κ2) is 28.8. The molecule has 2 aromatic heterocycles. The number of Topliss-reactive ketones (excluding diaryl/α,β-unsaturated/α-hetero) is 1. The van der Waals surface area contributed by atoms with E-state index in [1.807, 2.05) is 31.2 Å². The van der Waals surface area contributed by atoms with Crippen molar-refractivity contribution in [1.29, 1.82) is 0 Å². The number of aromatic nitrogens is 3. The molecule has 4 heterocycles. The van der Waals surface area contributed by atoms with Crippen LogP contribution in [-0.2, 0) is 62.4 Å². The summed E-state index contributed by atoms with van der Waals surface area (Å²) in [6.07, 6.45) is 5.43. The van der Waals surface area contributed by atoms with Crippen LogP contribution >= 0.6 is 21.6 Å². The minimum Gasteiger partial charge on any atom is -0.370 e. The number of imidazole rings is 1. The van der Waals surface area contributed by atoms with E-state index in [-0.39, 0.29) is 62.5 Å². The zero-order valence-corrected chi connectivity index (χ0v) is 46.9. The second-order valence-corrected chi connectivity index (χ2v) is 22.7. The Bertz CT molecular complexity index is 2900. The third-order valence-electron chi connectivity index (χ3n) is 13.4. The molecule has 25 nitrogen and oxygen atoms in total. The summed E-state index contributed by atoms with van der Waals surface area (Å²) in [5.74, 6) is -7.22. The van der Waals surface area contributed by atoms with Gasteiger partial charge in [-0.1, -0.05) is 89.9 Å². The number of carbonyl (C=O) groups excluding carboxylic acids is 10. The minimum absolute atomic E-state index is 0.0431. The molecule has 0 unspecified atom stereocenters. The Morgan fingerprint density at radius 1 is 0.762 bits per heavy atom. The first kappa shape index (κ1) is 61.3. The van der Waals surface area contributed by atoms with Crippen LogP contribution in [-0.4, -0.2) is 157 Å². The van der Waals surface area contributed by atoms with Crippen LogP contribution in [0.1, 0.15) is 83.5 Å². The van der Waals surface area contributed by atoms with E-state index in [9.17, 15) is 47.9 Å². The number of hydrogen-bond donors (Lipinski definition) is 12. The number of aromatic amines is 2. The van der Waals surface area contributed by atoms with E-state index in [0.29, 0.717) is 29.7 Å². The monoisotopic (exact) mass is 1140 g/mol. The number of ketones is 1. The molecule has 14 N–H and O–H groups in total. The van der Waals surface area contributed by atoms with Crippen molar-refractivity contribution >= 4 is 97.5 Å². The lowest BCUT2D eigenvalue weighted by Gasteiger charge is -2.28. The molecule has 0 aliphatic carbocycles. The summed E-state index contributed by atoms with van der Waals surface area (Å²) < 4.78 is 0. The molecule has 0 spiro atoms. The van der Waals surface area contributed by atoms with Crippen LogP contribution in [0.25, 0.3) is 10.9 Å². The number of aliphatic imine (C=N–C) groups is 1. The van der Waals surface area contributed by atoms with Gasteiger partial charge in [-0.25, -0.2) is 14.7 Å². The molecule has 27 heteroatoms. The van der Waals surface area contributed by atoms with Crippen molar-refractivity contribution in [2.24, 2.45) is 16.5 Å². The number of imide groups is 1. The maximum atomic E-state index is 14.7. The minimum atomic E-state index is -1.43. The molecule has 2 fully saturated rings. The third-order valence-corrected chi connectivity index (χ3v) is 15.8. The number of rotatable bonds is 17. The van der Waals surface area contributed by atoms with Gasteiger partial charge in [0.1, 0.15) is 47.8 Å². The summed E-state index contributed by atoms with van der Waals surface area (Å²) in [4.78, 5) is 156. The average Bonchev–Trinajstić information content (AvgIpc) is 4.14. The van der Waals surface area contributed by atoms with E-state index in [4.69, 9.17) is 11.5 Å². The zero-order chi connectivity index (χ0) is 58.1. The van der Waals surface area contributed by atoms with E-state index in [0.717, 1.165) is 37.4 Å². The summed E-state index contributed by atoms with van der Waals surface area (Å²) in [5.41, 5.74) is 12.3. The lowest BCUT2D eigenvalue weighted by molar-refractivity contribution is -0.139. The highest BCUT2D eigenvalue weighted by Gasteiger charge is 2.49. The highest BCUT2D eigenvalue weighted by Crippen LogP contribution is 2.26. The number of nitrogens with two attached hydrogens (primary N) is 2. The predicted octanol–water partition coefficient (Wildman–Crippen LogP) is 0.259. The fraction of sp³-hybridized carbons (Fsp3) is 0.472. The Morgan fingerprint density at radius 2 is 1.39 bits per heavy atom. The largest absolute Gasteiger partial charge is 0.370 e. The summed E-state index contributed by atoms with van der Waals surface area (Å²) in [5, 5.41) is 22.5. The number of H-pyrrole nitrogens is 2. The highest BCUT2D eigenvalue weighted by atomic mass is 33.1. The van der Waals surface area contributed by atoms with Crippen molar-refractivity contribution in [3.05, 3.63) is 90.1 Å². The SMILES string of the molecule is CCCC[C@@H](C(=O)N[C@H]1CSSC[C@@H](C(C)=O)NC(=O)[C@H](Cc2c[nH]c3ccccc23)NC(=O)[C@H](CCCN=C(N)N)NC(=O)[C@@H](Cc2ccccc2)NC(=O)[C@H](Cc2cnc[nH]2)NC(=O)[C@@H](C)NC1=O)N1C(=O)NC(C)(C)C1=O. The van der Waals surface area contributed by atoms with Gasteiger partial charge >= 0.3 is 6.03 Å².